The van der Waals surface area contributed by atoms with Gasteiger partial charge in [-0.25, -0.2) is 4.98 Å². The van der Waals surface area contributed by atoms with Crippen molar-refractivity contribution in [3.05, 3.63) is 29.1 Å². The van der Waals surface area contributed by atoms with Crippen LogP contribution in [0, 0.1) is 0 Å². The van der Waals surface area contributed by atoms with Crippen molar-refractivity contribution in [3.63, 3.8) is 0 Å². The number of rotatable bonds is 8. The van der Waals surface area contributed by atoms with Gasteiger partial charge in [0.25, 0.3) is 0 Å². The molecular weight excluding hydrogens is 418 g/mol. The highest BCUT2D eigenvalue weighted by atomic mass is 28.4. The van der Waals surface area contributed by atoms with Crippen molar-refractivity contribution in [1.82, 2.24) is 14.5 Å². The molecule has 6 nitrogen and oxygen atoms in total. The first-order valence-electron chi connectivity index (χ1n) is 12.1. The summed E-state index contributed by atoms with van der Waals surface area (Å²) < 4.78 is 13.7. The number of aromatic nitrogens is 2. The van der Waals surface area contributed by atoms with Crippen LogP contribution < -0.4 is 0 Å². The Hall–Kier alpha value is -1.70. The number of aryl methyl sites for hydroxylation is 1. The third kappa shape index (κ3) is 5.61. The zero-order valence-electron chi connectivity index (χ0n) is 21.1. The molecule has 0 saturated carbocycles. The lowest BCUT2D eigenvalue weighted by Crippen LogP contribution is -2.43. The monoisotopic (exact) mass is 459 g/mol. The third-order valence-corrected chi connectivity index (χ3v) is 11.7. The minimum atomic E-state index is -1.69. The molecule has 1 aromatic carbocycles. The molecule has 2 aromatic rings. The van der Waals surface area contributed by atoms with Crippen LogP contribution in [0.25, 0.3) is 11.0 Å². The molecule has 0 aliphatic carbocycles. The molecule has 0 radical (unpaired) electrons. The molecule has 32 heavy (non-hydrogen) atoms. The summed E-state index contributed by atoms with van der Waals surface area (Å²) in [5, 5.41) is 0.250. The molecule has 7 heteroatoms. The quantitative estimate of drug-likeness (QED) is 0.427. The lowest BCUT2D eigenvalue weighted by Gasteiger charge is -2.36. The van der Waals surface area contributed by atoms with Gasteiger partial charge >= 0.3 is 5.97 Å². The summed E-state index contributed by atoms with van der Waals surface area (Å²) in [6.07, 6.45) is 2.29. The molecule has 0 spiro atoms. The Bertz CT molecular complexity index is 946. The maximum Gasteiger partial charge on any atom is 0.313 e. The molecule has 2 heterocycles. The lowest BCUT2D eigenvalue weighted by atomic mass is 10.0. The van der Waals surface area contributed by atoms with Crippen molar-refractivity contribution in [1.29, 1.82) is 0 Å². The summed E-state index contributed by atoms with van der Waals surface area (Å²) in [7, 11) is -1.69. The first kappa shape index (κ1) is 24.9. The zero-order valence-corrected chi connectivity index (χ0v) is 22.1. The minimum absolute atomic E-state index is 0.213. The Labute approximate surface area is 194 Å². The summed E-state index contributed by atoms with van der Waals surface area (Å²) >= 11 is 0. The van der Waals surface area contributed by atoms with E-state index in [0.717, 1.165) is 62.5 Å². The van der Waals surface area contributed by atoms with E-state index in [1.54, 1.807) is 0 Å². The molecule has 0 N–H and O–H groups in total. The van der Waals surface area contributed by atoms with E-state index in [-0.39, 0.29) is 17.4 Å². The number of ether oxygens (including phenoxy) is 1. The zero-order chi connectivity index (χ0) is 23.5. The fourth-order valence-electron chi connectivity index (χ4n) is 4.14. The van der Waals surface area contributed by atoms with E-state index in [1.165, 1.54) is 11.1 Å². The molecule has 178 valence electrons. The Balaban J connectivity index is 1.69. The van der Waals surface area contributed by atoms with Crippen molar-refractivity contribution in [2.24, 2.45) is 0 Å². The first-order valence-corrected chi connectivity index (χ1v) is 15.0. The molecule has 0 saturated heterocycles. The van der Waals surface area contributed by atoms with Crippen LogP contribution in [0.4, 0.5) is 0 Å². The number of nitrogens with zero attached hydrogens (tertiary/aromatic N) is 3. The van der Waals surface area contributed by atoms with Gasteiger partial charge in [0.05, 0.1) is 17.6 Å². The van der Waals surface area contributed by atoms with Crippen molar-refractivity contribution in [2.75, 3.05) is 32.8 Å². The topological polar surface area (TPSA) is 56.6 Å². The van der Waals surface area contributed by atoms with Gasteiger partial charge in [-0.05, 0) is 68.1 Å². The van der Waals surface area contributed by atoms with Gasteiger partial charge in [0.2, 0.25) is 0 Å². The number of benzene rings is 1. The fourth-order valence-corrected chi connectivity index (χ4v) is 5.18. The SMILES string of the molecule is CCOC(=O)Cc1nc2cc3c(cc2n1CC)CCN(CCO[Si](C)(C)C(C)(C)C)CC3. The second kappa shape index (κ2) is 10.1. The largest absolute Gasteiger partial charge is 0.466 e. The Morgan fingerprint density at radius 2 is 1.78 bits per heavy atom. The van der Waals surface area contributed by atoms with E-state index in [4.69, 9.17) is 14.1 Å². The smallest absolute Gasteiger partial charge is 0.313 e. The van der Waals surface area contributed by atoms with Gasteiger partial charge in [-0.1, -0.05) is 20.8 Å². The average Bonchev–Trinajstić information content (AvgIpc) is 2.90. The molecule has 1 aromatic heterocycles. The Morgan fingerprint density at radius 1 is 1.12 bits per heavy atom. The van der Waals surface area contributed by atoms with E-state index in [2.05, 4.69) is 62.4 Å². The highest BCUT2D eigenvalue weighted by molar-refractivity contribution is 6.74. The summed E-state index contributed by atoms with van der Waals surface area (Å²) in [6, 6.07) is 4.53. The van der Waals surface area contributed by atoms with Crippen LogP contribution in [0.15, 0.2) is 12.1 Å². The van der Waals surface area contributed by atoms with Gasteiger partial charge in [0.15, 0.2) is 8.32 Å². The number of carbonyl (C=O) groups is 1. The van der Waals surface area contributed by atoms with Crippen molar-refractivity contribution >= 4 is 25.3 Å². The molecule has 3 rings (SSSR count). The second-order valence-electron chi connectivity index (χ2n) is 10.3. The molecule has 0 amide bonds. The minimum Gasteiger partial charge on any atom is -0.466 e. The Kier molecular flexibility index (Phi) is 7.83. The van der Waals surface area contributed by atoms with Gasteiger partial charge < -0.3 is 18.6 Å². The van der Waals surface area contributed by atoms with Gasteiger partial charge in [-0.2, -0.15) is 0 Å². The highest BCUT2D eigenvalue weighted by Gasteiger charge is 2.37. The number of carbonyl (C=O) groups excluding carboxylic acids is 1. The number of hydrogen-bond acceptors (Lipinski definition) is 5. The molecule has 1 aliphatic heterocycles. The van der Waals surface area contributed by atoms with Crippen LogP contribution in [0.1, 0.15) is 51.6 Å². The molecule has 1 aliphatic rings. The fraction of sp³-hybridized carbons (Fsp3) is 0.680. The highest BCUT2D eigenvalue weighted by Crippen LogP contribution is 2.36. The number of imidazole rings is 1. The molecule has 0 bridgehead atoms. The van der Waals surface area contributed by atoms with E-state index in [9.17, 15) is 4.79 Å². The second-order valence-corrected chi connectivity index (χ2v) is 15.1. The number of fused-ring (bicyclic) bond motifs is 2. The predicted octanol–water partition coefficient (Wildman–Crippen LogP) is 4.58. The van der Waals surface area contributed by atoms with E-state index in [1.807, 2.05) is 6.92 Å². The van der Waals surface area contributed by atoms with Gasteiger partial charge in [-0.15, -0.1) is 0 Å². The van der Waals surface area contributed by atoms with Crippen LogP contribution in [0.5, 0.6) is 0 Å². The van der Waals surface area contributed by atoms with Crippen molar-refractivity contribution in [2.45, 2.75) is 78.6 Å². The Morgan fingerprint density at radius 3 is 2.38 bits per heavy atom. The maximum atomic E-state index is 12.0. The van der Waals surface area contributed by atoms with E-state index in [0.29, 0.717) is 6.61 Å². The normalized spacial score (nSPS) is 15.6. The lowest BCUT2D eigenvalue weighted by molar-refractivity contribution is -0.142. The van der Waals surface area contributed by atoms with Crippen LogP contribution in [-0.2, 0) is 39.8 Å². The summed E-state index contributed by atoms with van der Waals surface area (Å²) in [6.45, 7) is 20.6. The molecule has 0 atom stereocenters. The van der Waals surface area contributed by atoms with Gasteiger partial charge in [0, 0.05) is 32.8 Å². The molecule has 0 fully saturated rings. The van der Waals surface area contributed by atoms with Crippen LogP contribution in [0.2, 0.25) is 18.1 Å². The van der Waals surface area contributed by atoms with Crippen LogP contribution in [-0.4, -0.2) is 61.6 Å². The van der Waals surface area contributed by atoms with Gasteiger partial charge in [0.1, 0.15) is 12.2 Å². The van der Waals surface area contributed by atoms with Crippen LogP contribution >= 0.6 is 0 Å². The van der Waals surface area contributed by atoms with Crippen molar-refractivity contribution < 1.29 is 14.0 Å². The number of esters is 1. The molecule has 0 unspecified atom stereocenters. The van der Waals surface area contributed by atoms with Crippen LogP contribution in [0.3, 0.4) is 0 Å². The van der Waals surface area contributed by atoms with E-state index < -0.39 is 8.32 Å². The predicted molar refractivity (Wildman–Crippen MR) is 133 cm³/mol. The molecular formula is C25H41N3O3Si. The van der Waals surface area contributed by atoms with Gasteiger partial charge in [-0.3, -0.25) is 4.79 Å². The first-order chi connectivity index (χ1) is 15.1. The standard InChI is InChI=1S/C25H41N3O3Si/c1-8-28-22-17-20-11-13-27(14-15-31-32(6,7)25(3,4)5)12-10-19(20)16-21(22)26-23(28)18-24(29)30-9-2/h16-17H,8-15,18H2,1-7H3. The number of hydrogen-bond donors (Lipinski definition) is 0. The summed E-state index contributed by atoms with van der Waals surface area (Å²) in [5.74, 6) is 0.583. The third-order valence-electron chi connectivity index (χ3n) is 7.14. The maximum absolute atomic E-state index is 12.0. The van der Waals surface area contributed by atoms with Crippen molar-refractivity contribution in [3.8, 4) is 0 Å². The van der Waals surface area contributed by atoms with E-state index >= 15 is 0 Å². The summed E-state index contributed by atoms with van der Waals surface area (Å²) in [4.78, 5) is 19.3. The summed E-state index contributed by atoms with van der Waals surface area (Å²) in [5.41, 5.74) is 4.90. The average molecular weight is 460 g/mol.